The van der Waals surface area contributed by atoms with Crippen molar-refractivity contribution in [2.24, 2.45) is 11.7 Å². The molecule has 1 rings (SSSR count). The highest BCUT2D eigenvalue weighted by Gasteiger charge is 2.28. The summed E-state index contributed by atoms with van der Waals surface area (Å²) in [5.41, 5.74) is 5.68. The van der Waals surface area contributed by atoms with Crippen LogP contribution in [0.1, 0.15) is 52.4 Å². The summed E-state index contributed by atoms with van der Waals surface area (Å²) in [4.78, 5) is 3.19. The van der Waals surface area contributed by atoms with Gasteiger partial charge in [-0.15, -0.1) is 0 Å². The SMILES string of the molecule is CCC(CC(N)=S)N(C)C1CCCCC1C. The molecule has 3 unspecified atom stereocenters. The van der Waals surface area contributed by atoms with Crippen LogP contribution in [0, 0.1) is 5.92 Å². The zero-order chi connectivity index (χ0) is 12.1. The van der Waals surface area contributed by atoms with Gasteiger partial charge in [-0.3, -0.25) is 4.90 Å². The first-order valence-corrected chi connectivity index (χ1v) is 6.97. The maximum Gasteiger partial charge on any atom is 0.0743 e. The van der Waals surface area contributed by atoms with Crippen LogP contribution in [0.3, 0.4) is 0 Å². The molecule has 0 aromatic carbocycles. The van der Waals surface area contributed by atoms with Crippen LogP contribution in [0.4, 0.5) is 0 Å². The van der Waals surface area contributed by atoms with Crippen LogP contribution >= 0.6 is 12.2 Å². The topological polar surface area (TPSA) is 29.3 Å². The van der Waals surface area contributed by atoms with E-state index in [0.717, 1.165) is 24.8 Å². The number of hydrogen-bond donors (Lipinski definition) is 1. The van der Waals surface area contributed by atoms with E-state index >= 15 is 0 Å². The molecule has 0 bridgehead atoms. The summed E-state index contributed by atoms with van der Waals surface area (Å²) >= 11 is 5.04. The van der Waals surface area contributed by atoms with Gasteiger partial charge in [0.25, 0.3) is 0 Å². The summed E-state index contributed by atoms with van der Waals surface area (Å²) in [7, 11) is 2.25. The molecule has 0 amide bonds. The average Bonchev–Trinajstić information content (AvgIpc) is 2.25. The summed E-state index contributed by atoms with van der Waals surface area (Å²) in [5.74, 6) is 0.819. The van der Waals surface area contributed by atoms with Crippen LogP contribution in [0.25, 0.3) is 0 Å². The Bertz CT molecular complexity index is 230. The van der Waals surface area contributed by atoms with E-state index in [0.29, 0.717) is 11.0 Å². The van der Waals surface area contributed by atoms with E-state index in [9.17, 15) is 0 Å². The fraction of sp³-hybridized carbons (Fsp3) is 0.923. The molecular weight excluding hydrogens is 216 g/mol. The van der Waals surface area contributed by atoms with Gasteiger partial charge in [0.05, 0.1) is 4.99 Å². The Balaban J connectivity index is 2.58. The fourth-order valence-electron chi connectivity index (χ4n) is 2.98. The third kappa shape index (κ3) is 3.70. The predicted molar refractivity (Wildman–Crippen MR) is 74.7 cm³/mol. The van der Waals surface area contributed by atoms with Crippen LogP contribution in [0.15, 0.2) is 0 Å². The number of rotatable bonds is 5. The molecule has 3 heteroatoms. The summed E-state index contributed by atoms with van der Waals surface area (Å²) in [6.07, 6.45) is 7.49. The maximum atomic E-state index is 5.68. The average molecular weight is 242 g/mol. The Morgan fingerprint density at radius 3 is 2.56 bits per heavy atom. The van der Waals surface area contributed by atoms with Gasteiger partial charge in [0.1, 0.15) is 0 Å². The van der Waals surface area contributed by atoms with E-state index in [-0.39, 0.29) is 0 Å². The lowest BCUT2D eigenvalue weighted by Crippen LogP contribution is -2.46. The second-order valence-corrected chi connectivity index (χ2v) is 5.75. The molecule has 0 aromatic heterocycles. The van der Waals surface area contributed by atoms with Crippen LogP contribution < -0.4 is 5.73 Å². The Morgan fingerprint density at radius 1 is 1.44 bits per heavy atom. The maximum absolute atomic E-state index is 5.68. The highest BCUT2D eigenvalue weighted by atomic mass is 32.1. The number of nitrogens with two attached hydrogens (primary N) is 1. The van der Waals surface area contributed by atoms with Gasteiger partial charge >= 0.3 is 0 Å². The monoisotopic (exact) mass is 242 g/mol. The molecule has 1 aliphatic rings. The molecule has 0 spiro atoms. The van der Waals surface area contributed by atoms with Crippen molar-refractivity contribution in [1.29, 1.82) is 0 Å². The molecule has 1 fully saturated rings. The van der Waals surface area contributed by atoms with Crippen LogP contribution in [-0.4, -0.2) is 29.0 Å². The zero-order valence-corrected chi connectivity index (χ0v) is 11.7. The minimum absolute atomic E-state index is 0.531. The summed E-state index contributed by atoms with van der Waals surface area (Å²) in [6.45, 7) is 4.61. The first kappa shape index (κ1) is 13.9. The van der Waals surface area contributed by atoms with E-state index in [1.54, 1.807) is 0 Å². The molecule has 3 atom stereocenters. The molecular formula is C13H26N2S. The Labute approximate surface area is 106 Å². The highest BCUT2D eigenvalue weighted by molar-refractivity contribution is 7.80. The fourth-order valence-corrected chi connectivity index (χ4v) is 3.17. The summed E-state index contributed by atoms with van der Waals surface area (Å²) < 4.78 is 0. The van der Waals surface area contributed by atoms with Gasteiger partial charge in [-0.2, -0.15) is 0 Å². The van der Waals surface area contributed by atoms with Gasteiger partial charge in [0, 0.05) is 18.5 Å². The molecule has 0 radical (unpaired) electrons. The summed E-state index contributed by atoms with van der Waals surface area (Å²) in [5, 5.41) is 0. The van der Waals surface area contributed by atoms with Crippen molar-refractivity contribution in [3.8, 4) is 0 Å². The van der Waals surface area contributed by atoms with E-state index in [2.05, 4.69) is 25.8 Å². The van der Waals surface area contributed by atoms with Crippen molar-refractivity contribution in [3.05, 3.63) is 0 Å². The van der Waals surface area contributed by atoms with Crippen molar-refractivity contribution in [2.75, 3.05) is 7.05 Å². The van der Waals surface area contributed by atoms with Gasteiger partial charge in [0.15, 0.2) is 0 Å². The molecule has 0 saturated heterocycles. The normalized spacial score (nSPS) is 28.0. The predicted octanol–water partition coefficient (Wildman–Crippen LogP) is 2.95. The van der Waals surface area contributed by atoms with Gasteiger partial charge < -0.3 is 5.73 Å². The van der Waals surface area contributed by atoms with Crippen molar-refractivity contribution in [2.45, 2.75) is 64.5 Å². The van der Waals surface area contributed by atoms with Gasteiger partial charge in [-0.1, -0.05) is 38.9 Å². The van der Waals surface area contributed by atoms with E-state index in [1.165, 1.54) is 25.7 Å². The van der Waals surface area contributed by atoms with Crippen molar-refractivity contribution >= 4 is 17.2 Å². The number of thiocarbonyl (C=S) groups is 1. The Kier molecular flexibility index (Phi) is 5.70. The van der Waals surface area contributed by atoms with Crippen molar-refractivity contribution in [1.82, 2.24) is 4.90 Å². The van der Waals surface area contributed by atoms with Gasteiger partial charge in [-0.05, 0) is 32.2 Å². The van der Waals surface area contributed by atoms with Crippen LogP contribution in [0.5, 0.6) is 0 Å². The molecule has 2 nitrogen and oxygen atoms in total. The van der Waals surface area contributed by atoms with Crippen LogP contribution in [0.2, 0.25) is 0 Å². The molecule has 2 N–H and O–H groups in total. The number of nitrogens with zero attached hydrogens (tertiary/aromatic N) is 1. The molecule has 1 saturated carbocycles. The standard InChI is InChI=1S/C13H26N2S/c1-4-11(9-13(14)16)15(3)12-8-6-5-7-10(12)2/h10-12H,4-9H2,1-3H3,(H2,14,16). The van der Waals surface area contributed by atoms with E-state index in [4.69, 9.17) is 18.0 Å². The third-order valence-electron chi connectivity index (χ3n) is 4.07. The van der Waals surface area contributed by atoms with Crippen LogP contribution in [-0.2, 0) is 0 Å². The zero-order valence-electron chi connectivity index (χ0n) is 10.9. The highest BCUT2D eigenvalue weighted by Crippen LogP contribution is 2.29. The second-order valence-electron chi connectivity index (χ2n) is 5.23. The molecule has 16 heavy (non-hydrogen) atoms. The lowest BCUT2D eigenvalue weighted by Gasteiger charge is -2.40. The Morgan fingerprint density at radius 2 is 2.06 bits per heavy atom. The van der Waals surface area contributed by atoms with Gasteiger partial charge in [-0.25, -0.2) is 0 Å². The molecule has 0 aliphatic heterocycles. The molecule has 0 aromatic rings. The second kappa shape index (κ2) is 6.55. The van der Waals surface area contributed by atoms with Gasteiger partial charge in [0.2, 0.25) is 0 Å². The smallest absolute Gasteiger partial charge is 0.0743 e. The lowest BCUT2D eigenvalue weighted by atomic mass is 9.84. The number of hydrogen-bond acceptors (Lipinski definition) is 2. The third-order valence-corrected chi connectivity index (χ3v) is 4.24. The first-order valence-electron chi connectivity index (χ1n) is 6.56. The van der Waals surface area contributed by atoms with E-state index in [1.807, 2.05) is 0 Å². The minimum Gasteiger partial charge on any atom is -0.393 e. The lowest BCUT2D eigenvalue weighted by molar-refractivity contribution is 0.0969. The minimum atomic E-state index is 0.531. The molecule has 0 heterocycles. The summed E-state index contributed by atoms with van der Waals surface area (Å²) in [6, 6.07) is 1.26. The van der Waals surface area contributed by atoms with E-state index < -0.39 is 0 Å². The molecule has 94 valence electrons. The molecule has 1 aliphatic carbocycles. The quantitative estimate of drug-likeness (QED) is 0.752. The Hall–Kier alpha value is -0.150. The largest absolute Gasteiger partial charge is 0.393 e. The first-order chi connectivity index (χ1) is 7.56. The van der Waals surface area contributed by atoms with Crippen molar-refractivity contribution < 1.29 is 0 Å². The van der Waals surface area contributed by atoms with Crippen molar-refractivity contribution in [3.63, 3.8) is 0 Å².